The SMILES string of the molecule is Cc1ccccc1CSc1ccc(C#N)c(N)c1. The van der Waals surface area contributed by atoms with Crippen molar-refractivity contribution >= 4 is 17.4 Å². The van der Waals surface area contributed by atoms with Gasteiger partial charge in [-0.3, -0.25) is 0 Å². The van der Waals surface area contributed by atoms with Crippen molar-refractivity contribution in [2.75, 3.05) is 5.73 Å². The number of thioether (sulfide) groups is 1. The molecule has 0 fully saturated rings. The molecule has 0 aliphatic carbocycles. The van der Waals surface area contributed by atoms with E-state index < -0.39 is 0 Å². The Hall–Kier alpha value is -1.92. The van der Waals surface area contributed by atoms with Gasteiger partial charge in [-0.1, -0.05) is 24.3 Å². The van der Waals surface area contributed by atoms with E-state index in [9.17, 15) is 0 Å². The van der Waals surface area contributed by atoms with Gasteiger partial charge in [-0.15, -0.1) is 11.8 Å². The normalized spacial score (nSPS) is 10.0. The molecule has 2 aromatic carbocycles. The number of nitrogens with two attached hydrogens (primary N) is 1. The molecule has 0 amide bonds. The number of nitrogens with zero attached hydrogens (tertiary/aromatic N) is 1. The van der Waals surface area contributed by atoms with Crippen molar-refractivity contribution in [1.29, 1.82) is 5.26 Å². The lowest BCUT2D eigenvalue weighted by Crippen LogP contribution is -1.91. The molecule has 0 radical (unpaired) electrons. The summed E-state index contributed by atoms with van der Waals surface area (Å²) in [7, 11) is 0. The third-order valence-corrected chi connectivity index (χ3v) is 3.84. The van der Waals surface area contributed by atoms with Crippen LogP contribution in [0.1, 0.15) is 16.7 Å². The maximum atomic E-state index is 8.82. The van der Waals surface area contributed by atoms with Crippen LogP contribution in [-0.2, 0) is 5.75 Å². The third kappa shape index (κ3) is 2.85. The van der Waals surface area contributed by atoms with E-state index >= 15 is 0 Å². The number of hydrogen-bond acceptors (Lipinski definition) is 3. The summed E-state index contributed by atoms with van der Waals surface area (Å²) in [5, 5.41) is 8.82. The second-order valence-electron chi connectivity index (χ2n) is 4.08. The molecule has 2 nitrogen and oxygen atoms in total. The zero-order valence-electron chi connectivity index (χ0n) is 10.2. The summed E-state index contributed by atoms with van der Waals surface area (Å²) in [5.41, 5.74) is 9.50. The topological polar surface area (TPSA) is 49.8 Å². The van der Waals surface area contributed by atoms with Gasteiger partial charge in [0.05, 0.1) is 11.3 Å². The van der Waals surface area contributed by atoms with Gasteiger partial charge in [0.25, 0.3) is 0 Å². The molecule has 2 rings (SSSR count). The summed E-state index contributed by atoms with van der Waals surface area (Å²) in [4.78, 5) is 1.09. The molecule has 0 aliphatic rings. The summed E-state index contributed by atoms with van der Waals surface area (Å²) < 4.78 is 0. The molecule has 0 saturated heterocycles. The Morgan fingerprint density at radius 3 is 2.67 bits per heavy atom. The molecule has 2 N–H and O–H groups in total. The van der Waals surface area contributed by atoms with E-state index in [4.69, 9.17) is 11.0 Å². The predicted molar refractivity (Wildman–Crippen MR) is 76.3 cm³/mol. The number of nitriles is 1. The van der Waals surface area contributed by atoms with E-state index in [0.717, 1.165) is 10.6 Å². The lowest BCUT2D eigenvalue weighted by atomic mass is 10.1. The Morgan fingerprint density at radius 1 is 1.22 bits per heavy atom. The maximum absolute atomic E-state index is 8.82. The number of anilines is 1. The van der Waals surface area contributed by atoms with Crippen LogP contribution in [0.5, 0.6) is 0 Å². The second kappa shape index (κ2) is 5.61. The van der Waals surface area contributed by atoms with Crippen molar-refractivity contribution in [1.82, 2.24) is 0 Å². The van der Waals surface area contributed by atoms with Gasteiger partial charge >= 0.3 is 0 Å². The summed E-state index contributed by atoms with van der Waals surface area (Å²) in [6, 6.07) is 16.0. The molecule has 3 heteroatoms. The van der Waals surface area contributed by atoms with Crippen LogP contribution in [0.15, 0.2) is 47.4 Å². The average Bonchev–Trinajstić information content (AvgIpc) is 2.38. The molecule has 0 heterocycles. The highest BCUT2D eigenvalue weighted by Gasteiger charge is 2.02. The van der Waals surface area contributed by atoms with E-state index in [1.807, 2.05) is 18.2 Å². The molecular weight excluding hydrogens is 240 g/mol. The fourth-order valence-electron chi connectivity index (χ4n) is 1.67. The van der Waals surface area contributed by atoms with Gasteiger partial charge in [-0.05, 0) is 36.2 Å². The van der Waals surface area contributed by atoms with Gasteiger partial charge in [-0.25, -0.2) is 0 Å². The molecule has 0 bridgehead atoms. The summed E-state index contributed by atoms with van der Waals surface area (Å²) in [6.45, 7) is 2.11. The third-order valence-electron chi connectivity index (χ3n) is 2.80. The standard InChI is InChI=1S/C15H14N2S/c1-11-4-2-3-5-13(11)10-18-14-7-6-12(9-16)15(17)8-14/h2-8H,10,17H2,1H3. The largest absolute Gasteiger partial charge is 0.398 e. The van der Waals surface area contributed by atoms with Crippen molar-refractivity contribution in [3.05, 3.63) is 59.2 Å². The van der Waals surface area contributed by atoms with Crippen LogP contribution >= 0.6 is 11.8 Å². The maximum Gasteiger partial charge on any atom is 0.101 e. The fourth-order valence-corrected chi connectivity index (χ4v) is 2.69. The average molecular weight is 254 g/mol. The zero-order valence-corrected chi connectivity index (χ0v) is 11.0. The molecule has 90 valence electrons. The van der Waals surface area contributed by atoms with Crippen LogP contribution < -0.4 is 5.73 Å². The number of hydrogen-bond donors (Lipinski definition) is 1. The number of aryl methyl sites for hydroxylation is 1. The monoisotopic (exact) mass is 254 g/mol. The summed E-state index contributed by atoms with van der Waals surface area (Å²) in [5.74, 6) is 0.915. The van der Waals surface area contributed by atoms with Gasteiger partial charge in [-0.2, -0.15) is 5.26 Å². The van der Waals surface area contributed by atoms with E-state index in [-0.39, 0.29) is 0 Å². The molecule has 2 aromatic rings. The Labute approximate surface area is 111 Å². The molecule has 0 spiro atoms. The number of benzene rings is 2. The highest BCUT2D eigenvalue weighted by molar-refractivity contribution is 7.98. The first-order valence-electron chi connectivity index (χ1n) is 5.67. The molecule has 0 saturated carbocycles. The lowest BCUT2D eigenvalue weighted by molar-refractivity contribution is 1.30. The van der Waals surface area contributed by atoms with Crippen molar-refractivity contribution < 1.29 is 0 Å². The number of rotatable bonds is 3. The molecule has 0 unspecified atom stereocenters. The Kier molecular flexibility index (Phi) is 3.91. The van der Waals surface area contributed by atoms with Crippen LogP contribution in [0.25, 0.3) is 0 Å². The van der Waals surface area contributed by atoms with E-state index in [1.165, 1.54) is 11.1 Å². The van der Waals surface area contributed by atoms with Gasteiger partial charge in [0, 0.05) is 10.6 Å². The van der Waals surface area contributed by atoms with Crippen LogP contribution in [0.4, 0.5) is 5.69 Å². The van der Waals surface area contributed by atoms with Gasteiger partial charge in [0.2, 0.25) is 0 Å². The van der Waals surface area contributed by atoms with E-state index in [1.54, 1.807) is 17.8 Å². The van der Waals surface area contributed by atoms with Crippen LogP contribution in [-0.4, -0.2) is 0 Å². The van der Waals surface area contributed by atoms with E-state index in [0.29, 0.717) is 11.3 Å². The summed E-state index contributed by atoms with van der Waals surface area (Å²) in [6.07, 6.45) is 0. The second-order valence-corrected chi connectivity index (χ2v) is 5.12. The molecule has 0 atom stereocenters. The highest BCUT2D eigenvalue weighted by atomic mass is 32.2. The highest BCUT2D eigenvalue weighted by Crippen LogP contribution is 2.26. The van der Waals surface area contributed by atoms with Gasteiger partial charge in [0.15, 0.2) is 0 Å². The molecule has 18 heavy (non-hydrogen) atoms. The number of nitrogen functional groups attached to an aromatic ring is 1. The van der Waals surface area contributed by atoms with Gasteiger partial charge < -0.3 is 5.73 Å². The van der Waals surface area contributed by atoms with Crippen LogP contribution in [0, 0.1) is 18.3 Å². The smallest absolute Gasteiger partial charge is 0.101 e. The molecular formula is C15H14N2S. The molecule has 0 aliphatic heterocycles. The van der Waals surface area contributed by atoms with Crippen molar-refractivity contribution in [2.24, 2.45) is 0 Å². The minimum Gasteiger partial charge on any atom is -0.398 e. The van der Waals surface area contributed by atoms with Crippen molar-refractivity contribution in [3.63, 3.8) is 0 Å². The van der Waals surface area contributed by atoms with Crippen molar-refractivity contribution in [3.8, 4) is 6.07 Å². The van der Waals surface area contributed by atoms with Gasteiger partial charge in [0.1, 0.15) is 6.07 Å². The Morgan fingerprint density at radius 2 is 2.00 bits per heavy atom. The Balaban J connectivity index is 2.10. The molecule has 0 aromatic heterocycles. The predicted octanol–water partition coefficient (Wildman–Crippen LogP) is 3.74. The first kappa shape index (κ1) is 12.5. The van der Waals surface area contributed by atoms with E-state index in [2.05, 4.69) is 31.2 Å². The van der Waals surface area contributed by atoms with Crippen molar-refractivity contribution in [2.45, 2.75) is 17.6 Å². The lowest BCUT2D eigenvalue weighted by Gasteiger charge is -2.06. The quantitative estimate of drug-likeness (QED) is 0.670. The minimum absolute atomic E-state index is 0.537. The minimum atomic E-state index is 0.537. The first-order chi connectivity index (χ1) is 8.70. The van der Waals surface area contributed by atoms with Crippen LogP contribution in [0.3, 0.4) is 0 Å². The fraction of sp³-hybridized carbons (Fsp3) is 0.133. The van der Waals surface area contributed by atoms with Crippen LogP contribution in [0.2, 0.25) is 0 Å². The Bertz CT molecular complexity index is 600. The summed E-state index contributed by atoms with van der Waals surface area (Å²) >= 11 is 1.73. The zero-order chi connectivity index (χ0) is 13.0. The first-order valence-corrected chi connectivity index (χ1v) is 6.66.